The second-order valence-corrected chi connectivity index (χ2v) is 7.66. The van der Waals surface area contributed by atoms with Crippen LogP contribution in [-0.4, -0.2) is 54.8 Å². The predicted molar refractivity (Wildman–Crippen MR) is 120 cm³/mol. The zero-order valence-corrected chi connectivity index (χ0v) is 18.4. The van der Waals surface area contributed by atoms with E-state index in [2.05, 4.69) is 35.9 Å². The summed E-state index contributed by atoms with van der Waals surface area (Å²) in [6.07, 6.45) is -3.63. The Hall–Kier alpha value is -3.71. The number of pyridine rings is 1. The topological polar surface area (TPSA) is 136 Å². The number of hydrogen-bond acceptors (Lipinski definition) is 9. The number of carbonyl (C=O) groups excluding carboxylic acids is 1. The largest absolute Gasteiger partial charge is 0.455 e. The van der Waals surface area contributed by atoms with Crippen LogP contribution in [0.15, 0.2) is 36.7 Å². The lowest BCUT2D eigenvalue weighted by molar-refractivity contribution is -0.0884. The molecule has 3 aromatic heterocycles. The van der Waals surface area contributed by atoms with Gasteiger partial charge >= 0.3 is 6.18 Å². The zero-order valence-electron chi connectivity index (χ0n) is 16.9. The Labute approximate surface area is 199 Å². The van der Waals surface area contributed by atoms with Crippen molar-refractivity contribution in [3.63, 3.8) is 0 Å². The van der Waals surface area contributed by atoms with Crippen LogP contribution in [0.25, 0.3) is 17.0 Å². The van der Waals surface area contributed by atoms with Gasteiger partial charge in [-0.2, -0.15) is 17.7 Å². The van der Waals surface area contributed by atoms with Crippen molar-refractivity contribution in [3.8, 4) is 11.4 Å². The van der Waals surface area contributed by atoms with Crippen molar-refractivity contribution in [2.45, 2.75) is 6.18 Å². The van der Waals surface area contributed by atoms with Gasteiger partial charge in [0.1, 0.15) is 18.0 Å². The van der Waals surface area contributed by atoms with Gasteiger partial charge in [-0.25, -0.2) is 9.97 Å². The summed E-state index contributed by atoms with van der Waals surface area (Å²) in [5.41, 5.74) is 5.73. The Morgan fingerprint density at radius 2 is 1.85 bits per heavy atom. The summed E-state index contributed by atoms with van der Waals surface area (Å²) in [6.45, 7) is 0.582. The molecule has 0 aliphatic rings. The quantitative estimate of drug-likeness (QED) is 0.250. The van der Waals surface area contributed by atoms with Crippen molar-refractivity contribution >= 4 is 52.1 Å². The molecule has 34 heavy (non-hydrogen) atoms. The maximum absolute atomic E-state index is 12.6. The Morgan fingerprint density at radius 3 is 2.56 bits per heavy atom. The van der Waals surface area contributed by atoms with E-state index in [4.69, 9.17) is 28.9 Å². The molecular formula is C19H14Cl2F3N9O. The second kappa shape index (κ2) is 9.27. The van der Waals surface area contributed by atoms with Gasteiger partial charge in [0.15, 0.2) is 11.6 Å². The van der Waals surface area contributed by atoms with E-state index in [0.717, 1.165) is 6.07 Å². The first-order valence-corrected chi connectivity index (χ1v) is 10.3. The Morgan fingerprint density at radius 1 is 1.09 bits per heavy atom. The highest BCUT2D eigenvalue weighted by Crippen LogP contribution is 2.29. The number of nitrogens with zero attached hydrogens (tertiary/aromatic N) is 6. The first-order valence-electron chi connectivity index (χ1n) is 9.53. The van der Waals surface area contributed by atoms with E-state index in [-0.39, 0.29) is 12.4 Å². The first kappa shape index (κ1) is 23.4. The lowest BCUT2D eigenvalue weighted by Crippen LogP contribution is -2.24. The molecule has 0 spiro atoms. The van der Waals surface area contributed by atoms with E-state index in [1.807, 2.05) is 0 Å². The molecule has 3 heterocycles. The number of aromatic nitrogens is 6. The fraction of sp³-hybridized carbons (Fsp3) is 0.158. The summed E-state index contributed by atoms with van der Waals surface area (Å²) < 4.78 is 39.2. The van der Waals surface area contributed by atoms with Crippen molar-refractivity contribution in [1.82, 2.24) is 29.8 Å². The van der Waals surface area contributed by atoms with Crippen LogP contribution >= 0.6 is 23.2 Å². The minimum absolute atomic E-state index is 0.196. The number of benzene rings is 1. The van der Waals surface area contributed by atoms with Crippen LogP contribution in [-0.2, 0) is 0 Å². The third kappa shape index (κ3) is 4.94. The van der Waals surface area contributed by atoms with E-state index >= 15 is 0 Å². The first-order chi connectivity index (χ1) is 16.1. The van der Waals surface area contributed by atoms with Crippen LogP contribution in [0, 0.1) is 0 Å². The number of nitrogens with one attached hydrogen (secondary N) is 2. The van der Waals surface area contributed by atoms with E-state index in [9.17, 15) is 18.0 Å². The summed E-state index contributed by atoms with van der Waals surface area (Å²) >= 11 is 12.2. The second-order valence-electron chi connectivity index (χ2n) is 6.82. The molecule has 0 atom stereocenters. The molecule has 0 aliphatic heterocycles. The minimum atomic E-state index is -5.03. The monoisotopic (exact) mass is 511 g/mol. The number of rotatable bonds is 7. The number of fused-ring (bicyclic) bond motifs is 1. The molecule has 0 saturated heterocycles. The molecule has 0 unspecified atom stereocenters. The van der Waals surface area contributed by atoms with Crippen LogP contribution in [0.4, 0.5) is 30.6 Å². The molecular weight excluding hydrogens is 498 g/mol. The Bertz CT molecular complexity index is 1380. The van der Waals surface area contributed by atoms with Crippen LogP contribution < -0.4 is 16.4 Å². The molecule has 176 valence electrons. The highest BCUT2D eigenvalue weighted by atomic mass is 35.5. The van der Waals surface area contributed by atoms with Gasteiger partial charge in [-0.1, -0.05) is 23.2 Å². The molecule has 4 aromatic rings. The number of hydrogen-bond donors (Lipinski definition) is 3. The maximum atomic E-state index is 12.6. The van der Waals surface area contributed by atoms with Gasteiger partial charge in [-0.3, -0.25) is 4.79 Å². The normalized spacial score (nSPS) is 11.6. The van der Waals surface area contributed by atoms with Gasteiger partial charge in [0.2, 0.25) is 5.65 Å². The molecule has 4 N–H and O–H groups in total. The number of carbonyl (C=O) groups is 1. The molecule has 0 fully saturated rings. The van der Waals surface area contributed by atoms with Gasteiger partial charge in [-0.05, 0) is 30.3 Å². The third-order valence-corrected chi connectivity index (χ3v) is 5.03. The summed E-state index contributed by atoms with van der Waals surface area (Å²) in [4.78, 5) is 19.6. The summed E-state index contributed by atoms with van der Waals surface area (Å²) in [5, 5.41) is 19.0. The number of nitrogen functional groups attached to an aromatic ring is 1. The molecule has 10 nitrogen and oxygen atoms in total. The molecule has 0 saturated carbocycles. The molecule has 0 radical (unpaired) electrons. The third-order valence-electron chi connectivity index (χ3n) is 4.48. The minimum Gasteiger partial charge on any atom is -0.383 e. The maximum Gasteiger partial charge on any atom is 0.455 e. The number of Topliss-reactive ketones (excluding diaryl/α,β-unsaturated/α-hetero) is 1. The van der Waals surface area contributed by atoms with Gasteiger partial charge in [0, 0.05) is 23.7 Å². The number of halogens is 5. The zero-order chi connectivity index (χ0) is 24.5. The smallest absolute Gasteiger partial charge is 0.383 e. The number of alkyl halides is 3. The van der Waals surface area contributed by atoms with Crippen LogP contribution in [0.1, 0.15) is 10.4 Å². The average Bonchev–Trinajstić information content (AvgIpc) is 3.24. The molecule has 0 bridgehead atoms. The summed E-state index contributed by atoms with van der Waals surface area (Å²) in [5.74, 6) is -1.70. The standard InChI is InChI=1S/C19H14Cl2F3N9O/c20-9-1-2-10(12(21)7-9)16-30-17(18-31-28-8-33(18)32-16)27-6-5-26-13-4-3-11(15(25)29-13)14(34)19(22,23)24/h1-4,7-8H,5-6H2,(H3,25,26,29)(H,27,30,32). The van der Waals surface area contributed by atoms with Crippen LogP contribution in [0.3, 0.4) is 0 Å². The van der Waals surface area contributed by atoms with Crippen molar-refractivity contribution in [1.29, 1.82) is 0 Å². The predicted octanol–water partition coefficient (Wildman–Crippen LogP) is 3.74. The van der Waals surface area contributed by atoms with Crippen LogP contribution in [0.2, 0.25) is 10.0 Å². The highest BCUT2D eigenvalue weighted by molar-refractivity contribution is 6.36. The van der Waals surface area contributed by atoms with E-state index in [0.29, 0.717) is 39.4 Å². The molecule has 1 aromatic carbocycles. The fourth-order valence-electron chi connectivity index (χ4n) is 2.93. The highest BCUT2D eigenvalue weighted by Gasteiger charge is 2.40. The van der Waals surface area contributed by atoms with Crippen molar-refractivity contribution < 1.29 is 18.0 Å². The lowest BCUT2D eigenvalue weighted by Gasteiger charge is -2.12. The fourth-order valence-corrected chi connectivity index (χ4v) is 3.43. The van der Waals surface area contributed by atoms with Crippen molar-refractivity contribution in [2.75, 3.05) is 29.5 Å². The van der Waals surface area contributed by atoms with Gasteiger partial charge < -0.3 is 16.4 Å². The van der Waals surface area contributed by atoms with E-state index < -0.39 is 23.3 Å². The molecule has 4 rings (SSSR count). The SMILES string of the molecule is Nc1nc(NCCNc2nc(-c3ccc(Cl)cc3Cl)nn3cnnc23)ccc1C(=O)C(F)(F)F. The van der Waals surface area contributed by atoms with Crippen molar-refractivity contribution in [2.24, 2.45) is 0 Å². The number of ketones is 1. The molecule has 15 heteroatoms. The van der Waals surface area contributed by atoms with Gasteiger partial charge in [0.25, 0.3) is 5.78 Å². The molecule has 0 amide bonds. The number of nitrogens with two attached hydrogens (primary N) is 1. The summed E-state index contributed by atoms with van der Waals surface area (Å²) in [7, 11) is 0. The van der Waals surface area contributed by atoms with Crippen LogP contribution in [0.5, 0.6) is 0 Å². The Kier molecular flexibility index (Phi) is 6.39. The summed E-state index contributed by atoms with van der Waals surface area (Å²) in [6, 6.07) is 7.12. The van der Waals surface area contributed by atoms with Gasteiger partial charge in [0.05, 0.1) is 10.6 Å². The van der Waals surface area contributed by atoms with Crippen molar-refractivity contribution in [3.05, 3.63) is 52.3 Å². The van der Waals surface area contributed by atoms with Gasteiger partial charge in [-0.15, -0.1) is 15.3 Å². The lowest BCUT2D eigenvalue weighted by atomic mass is 10.1. The number of anilines is 3. The van der Waals surface area contributed by atoms with E-state index in [1.54, 1.807) is 18.2 Å². The van der Waals surface area contributed by atoms with E-state index in [1.165, 1.54) is 16.9 Å². The molecule has 0 aliphatic carbocycles. The average molecular weight is 512 g/mol. The Balaban J connectivity index is 1.46.